The number of rotatable bonds is 9. The fraction of sp³-hybridized carbons (Fsp3) is 0.355. The molecule has 2 aliphatic rings. The summed E-state index contributed by atoms with van der Waals surface area (Å²) in [5.41, 5.74) is 1.75. The molecule has 0 saturated carbocycles. The average Bonchev–Trinajstić information content (AvgIpc) is 2.96. The number of hydrogen-bond acceptors (Lipinski definition) is 8. The number of nitrogens with zero attached hydrogens (tertiary/aromatic N) is 6. The Morgan fingerprint density at radius 2 is 1.84 bits per heavy atom. The molecule has 3 amide bonds. The number of methoxy groups -OCH3 is 1. The van der Waals surface area contributed by atoms with E-state index in [-0.39, 0.29) is 35.9 Å². The van der Waals surface area contributed by atoms with Gasteiger partial charge in [0.05, 0.1) is 42.0 Å². The van der Waals surface area contributed by atoms with Crippen molar-refractivity contribution in [2.45, 2.75) is 38.7 Å². The molecule has 5 rings (SSSR count). The van der Waals surface area contributed by atoms with Crippen molar-refractivity contribution in [3.05, 3.63) is 66.4 Å². The first-order valence-corrected chi connectivity index (χ1v) is 14.3. The molecule has 238 valence electrons. The Balaban J connectivity index is 1.52. The molecule has 0 radical (unpaired) electrons. The first-order valence-electron chi connectivity index (χ1n) is 14.3. The highest BCUT2D eigenvalue weighted by Gasteiger charge is 2.36. The number of alkyl halides is 3. The first kappa shape index (κ1) is 31.6. The van der Waals surface area contributed by atoms with Gasteiger partial charge in [0.1, 0.15) is 5.75 Å². The van der Waals surface area contributed by atoms with Gasteiger partial charge in [-0.1, -0.05) is 6.58 Å². The molecule has 0 spiro atoms. The van der Waals surface area contributed by atoms with Gasteiger partial charge in [-0.25, -0.2) is 14.7 Å². The van der Waals surface area contributed by atoms with Crippen molar-refractivity contribution in [2.24, 2.45) is 0 Å². The van der Waals surface area contributed by atoms with E-state index < -0.39 is 17.8 Å². The van der Waals surface area contributed by atoms with Gasteiger partial charge in [0.25, 0.3) is 0 Å². The fourth-order valence-corrected chi connectivity index (χ4v) is 5.15. The SMILES string of the molecule is C=CC(=O)Nc1cc(Nc2ncc3c(n2)N(c2ccc(C(F)(F)F)cc2)C(=O)N(C(C)C)C3)c(OC)cc1N1CC(N(C)C)C1. The lowest BCUT2D eigenvalue weighted by atomic mass is 10.0. The molecule has 1 aromatic heterocycles. The number of nitrogens with one attached hydrogen (secondary N) is 2. The molecule has 45 heavy (non-hydrogen) atoms. The summed E-state index contributed by atoms with van der Waals surface area (Å²) in [6.07, 6.45) is -1.76. The van der Waals surface area contributed by atoms with Gasteiger partial charge in [-0.3, -0.25) is 4.79 Å². The summed E-state index contributed by atoms with van der Waals surface area (Å²) in [5, 5.41) is 5.99. The Kier molecular flexibility index (Phi) is 8.61. The molecule has 2 aromatic carbocycles. The van der Waals surface area contributed by atoms with Gasteiger partial charge >= 0.3 is 12.2 Å². The monoisotopic (exact) mass is 624 g/mol. The summed E-state index contributed by atoms with van der Waals surface area (Å²) in [7, 11) is 5.55. The summed E-state index contributed by atoms with van der Waals surface area (Å²) in [6, 6.07) is 7.62. The standard InChI is InChI=1S/C31H35F3N8O3/c1-7-27(43)36-23-12-24(26(45-6)13-25(23)40-16-22(17-40)39(4)5)37-29-35-14-19-15-41(18(2)3)30(44)42(28(19)38-29)21-10-8-20(9-11-21)31(32,33)34/h7-14,18,22H,1,15-17H2,2-6H3,(H,36,43)(H,35,37,38). The number of hydrogen-bond donors (Lipinski definition) is 2. The summed E-state index contributed by atoms with van der Waals surface area (Å²) < 4.78 is 45.5. The van der Waals surface area contributed by atoms with Crippen LogP contribution in [0.3, 0.4) is 0 Å². The predicted octanol–water partition coefficient (Wildman–Crippen LogP) is 5.60. The number of carbonyl (C=O) groups is 2. The smallest absolute Gasteiger partial charge is 0.416 e. The van der Waals surface area contributed by atoms with Crippen LogP contribution in [0.4, 0.5) is 52.5 Å². The predicted molar refractivity (Wildman–Crippen MR) is 166 cm³/mol. The zero-order chi connectivity index (χ0) is 32.6. The number of likely N-dealkylation sites (N-methyl/N-ethyl adjacent to an activating group) is 1. The van der Waals surface area contributed by atoms with Crippen LogP contribution in [0.15, 0.2) is 55.3 Å². The van der Waals surface area contributed by atoms with Crippen LogP contribution >= 0.6 is 0 Å². The number of benzene rings is 2. The topological polar surface area (TPSA) is 106 Å². The van der Waals surface area contributed by atoms with Crippen molar-refractivity contribution in [3.63, 3.8) is 0 Å². The highest BCUT2D eigenvalue weighted by molar-refractivity contribution is 6.03. The van der Waals surface area contributed by atoms with Crippen LogP contribution in [0.2, 0.25) is 0 Å². The van der Waals surface area contributed by atoms with Crippen molar-refractivity contribution in [2.75, 3.05) is 54.7 Å². The lowest BCUT2D eigenvalue weighted by Crippen LogP contribution is -2.57. The molecule has 2 N–H and O–H groups in total. The number of halogens is 3. The second kappa shape index (κ2) is 12.3. The largest absolute Gasteiger partial charge is 0.494 e. The van der Waals surface area contributed by atoms with Gasteiger partial charge in [0.15, 0.2) is 5.82 Å². The van der Waals surface area contributed by atoms with Gasteiger partial charge < -0.3 is 30.1 Å². The van der Waals surface area contributed by atoms with Crippen LogP contribution in [0.1, 0.15) is 25.0 Å². The van der Waals surface area contributed by atoms with E-state index in [4.69, 9.17) is 4.74 Å². The number of anilines is 6. The van der Waals surface area contributed by atoms with Crippen LogP contribution in [0.5, 0.6) is 5.75 Å². The van der Waals surface area contributed by atoms with E-state index in [1.165, 1.54) is 30.2 Å². The zero-order valence-corrected chi connectivity index (χ0v) is 25.6. The first-order chi connectivity index (χ1) is 21.3. The van der Waals surface area contributed by atoms with Gasteiger partial charge in [-0.2, -0.15) is 18.2 Å². The molecule has 3 aromatic rings. The molecule has 14 heteroatoms. The van der Waals surface area contributed by atoms with E-state index in [2.05, 4.69) is 37.0 Å². The Hall–Kier alpha value is -4.85. The number of aromatic nitrogens is 2. The number of urea groups is 1. The van der Waals surface area contributed by atoms with Crippen molar-refractivity contribution in [3.8, 4) is 5.75 Å². The van der Waals surface area contributed by atoms with E-state index in [9.17, 15) is 22.8 Å². The maximum absolute atomic E-state index is 13.6. The molecule has 0 unspecified atom stereocenters. The molecule has 11 nitrogen and oxygen atoms in total. The third-order valence-corrected chi connectivity index (χ3v) is 7.85. The lowest BCUT2D eigenvalue weighted by Gasteiger charge is -2.45. The summed E-state index contributed by atoms with van der Waals surface area (Å²) in [4.78, 5) is 42.2. The molecule has 3 heterocycles. The fourth-order valence-electron chi connectivity index (χ4n) is 5.15. The summed E-state index contributed by atoms with van der Waals surface area (Å²) in [6.45, 7) is 9.00. The zero-order valence-electron chi connectivity index (χ0n) is 25.6. The molecular weight excluding hydrogens is 589 g/mol. The summed E-state index contributed by atoms with van der Waals surface area (Å²) in [5.74, 6) is 0.417. The van der Waals surface area contributed by atoms with E-state index >= 15 is 0 Å². The van der Waals surface area contributed by atoms with E-state index in [0.717, 1.165) is 30.9 Å². The number of ether oxygens (including phenoxy) is 1. The van der Waals surface area contributed by atoms with Crippen LogP contribution in [-0.4, -0.2) is 78.1 Å². The second-order valence-electron chi connectivity index (χ2n) is 11.3. The van der Waals surface area contributed by atoms with Crippen LogP contribution in [-0.2, 0) is 17.5 Å². The number of amides is 3. The van der Waals surface area contributed by atoms with Crippen LogP contribution in [0.25, 0.3) is 0 Å². The van der Waals surface area contributed by atoms with E-state index in [1.807, 2.05) is 34.0 Å². The van der Waals surface area contributed by atoms with Crippen LogP contribution < -0.4 is 25.2 Å². The number of fused-ring (bicyclic) bond motifs is 1. The molecule has 2 aliphatic heterocycles. The Morgan fingerprint density at radius 1 is 1.16 bits per heavy atom. The van der Waals surface area contributed by atoms with Crippen molar-refractivity contribution < 1.29 is 27.5 Å². The van der Waals surface area contributed by atoms with Crippen LogP contribution in [0, 0.1) is 0 Å². The van der Waals surface area contributed by atoms with Crippen molar-refractivity contribution >= 4 is 46.5 Å². The molecule has 0 bridgehead atoms. The summed E-state index contributed by atoms with van der Waals surface area (Å²) >= 11 is 0. The van der Waals surface area contributed by atoms with Crippen molar-refractivity contribution in [1.29, 1.82) is 0 Å². The van der Waals surface area contributed by atoms with Crippen molar-refractivity contribution in [1.82, 2.24) is 19.8 Å². The minimum Gasteiger partial charge on any atom is -0.494 e. The third-order valence-electron chi connectivity index (χ3n) is 7.85. The minimum absolute atomic E-state index is 0.111. The van der Waals surface area contributed by atoms with E-state index in [0.29, 0.717) is 28.7 Å². The maximum Gasteiger partial charge on any atom is 0.416 e. The lowest BCUT2D eigenvalue weighted by molar-refractivity contribution is -0.137. The molecule has 1 saturated heterocycles. The Bertz CT molecular complexity index is 1600. The van der Waals surface area contributed by atoms with Gasteiger partial charge in [0.2, 0.25) is 11.9 Å². The number of carbonyl (C=O) groups excluding carboxylic acids is 2. The molecule has 1 fully saturated rings. The Labute approximate surface area is 259 Å². The highest BCUT2D eigenvalue weighted by Crippen LogP contribution is 2.41. The second-order valence-corrected chi connectivity index (χ2v) is 11.3. The van der Waals surface area contributed by atoms with Gasteiger partial charge in [-0.15, -0.1) is 0 Å². The minimum atomic E-state index is -4.52. The van der Waals surface area contributed by atoms with Gasteiger partial charge in [0, 0.05) is 43.0 Å². The molecule has 0 aliphatic carbocycles. The third kappa shape index (κ3) is 6.36. The van der Waals surface area contributed by atoms with E-state index in [1.54, 1.807) is 17.2 Å². The average molecular weight is 625 g/mol. The molecule has 0 atom stereocenters. The Morgan fingerprint density at radius 3 is 2.42 bits per heavy atom. The maximum atomic E-state index is 13.6. The molecular formula is C31H35F3N8O3. The highest BCUT2D eigenvalue weighted by atomic mass is 19.4. The van der Waals surface area contributed by atoms with Gasteiger partial charge in [-0.05, 0) is 64.4 Å². The normalized spacial score (nSPS) is 15.2. The quantitative estimate of drug-likeness (QED) is 0.297.